The monoisotopic (exact) mass is 316 g/mol. The van der Waals surface area contributed by atoms with Crippen molar-refractivity contribution in [2.75, 3.05) is 5.32 Å². The summed E-state index contributed by atoms with van der Waals surface area (Å²) in [4.78, 5) is 16.1. The van der Waals surface area contributed by atoms with Crippen LogP contribution in [0.25, 0.3) is 16.3 Å². The van der Waals surface area contributed by atoms with Crippen molar-refractivity contribution in [1.82, 2.24) is 4.98 Å². The van der Waals surface area contributed by atoms with Gasteiger partial charge in [0.05, 0.1) is 15.9 Å². The summed E-state index contributed by atoms with van der Waals surface area (Å²) in [7, 11) is 0. The van der Waals surface area contributed by atoms with Gasteiger partial charge in [0, 0.05) is 12.1 Å². The number of carbonyl (C=O) groups is 1. The number of para-hydroxylation sites is 1. The summed E-state index contributed by atoms with van der Waals surface area (Å²) in [6, 6.07) is 10.6. The summed E-state index contributed by atoms with van der Waals surface area (Å²) in [6.45, 7) is 0. The maximum Gasteiger partial charge on any atom is 0.248 e. The second-order valence-corrected chi connectivity index (χ2v) is 5.53. The highest BCUT2D eigenvalue weighted by atomic mass is 32.1. The van der Waals surface area contributed by atoms with Gasteiger partial charge in [0.25, 0.3) is 0 Å². The topological polar surface area (TPSA) is 42.0 Å². The smallest absolute Gasteiger partial charge is 0.248 e. The van der Waals surface area contributed by atoms with Crippen LogP contribution in [0.15, 0.2) is 48.5 Å². The second-order valence-electron chi connectivity index (χ2n) is 4.47. The molecule has 1 heterocycles. The molecule has 3 aromatic rings. The fourth-order valence-electron chi connectivity index (χ4n) is 1.87. The van der Waals surface area contributed by atoms with Crippen LogP contribution in [0.4, 0.5) is 14.5 Å². The number of aromatic nitrogens is 1. The van der Waals surface area contributed by atoms with Crippen LogP contribution in [0.2, 0.25) is 0 Å². The Balaban J connectivity index is 1.73. The zero-order valence-electron chi connectivity index (χ0n) is 11.2. The van der Waals surface area contributed by atoms with E-state index in [1.54, 1.807) is 6.08 Å². The largest absolute Gasteiger partial charge is 0.320 e. The van der Waals surface area contributed by atoms with Crippen molar-refractivity contribution in [1.29, 1.82) is 0 Å². The highest BCUT2D eigenvalue weighted by Gasteiger charge is 2.06. The Labute approximate surface area is 128 Å². The number of rotatable bonds is 3. The second kappa shape index (κ2) is 6.03. The number of benzene rings is 2. The Hall–Kier alpha value is -2.60. The van der Waals surface area contributed by atoms with Crippen LogP contribution in [0.5, 0.6) is 0 Å². The molecule has 0 saturated heterocycles. The lowest BCUT2D eigenvalue weighted by Crippen LogP contribution is -2.09. The first-order valence-electron chi connectivity index (χ1n) is 6.41. The molecule has 0 unspecified atom stereocenters. The van der Waals surface area contributed by atoms with Crippen molar-refractivity contribution in [3.8, 4) is 0 Å². The molecule has 0 atom stereocenters. The predicted octanol–water partition coefficient (Wildman–Crippen LogP) is 4.23. The van der Waals surface area contributed by atoms with Gasteiger partial charge in [-0.3, -0.25) is 4.79 Å². The van der Waals surface area contributed by atoms with Gasteiger partial charge in [-0.2, -0.15) is 0 Å². The molecule has 3 nitrogen and oxygen atoms in total. The van der Waals surface area contributed by atoms with E-state index in [0.29, 0.717) is 11.1 Å². The summed E-state index contributed by atoms with van der Waals surface area (Å²) in [5.74, 6) is -2.02. The lowest BCUT2D eigenvalue weighted by molar-refractivity contribution is -0.111. The Morgan fingerprint density at radius 2 is 2.00 bits per heavy atom. The number of nitrogens with zero attached hydrogens (tertiary/aromatic N) is 1. The quantitative estimate of drug-likeness (QED) is 0.735. The van der Waals surface area contributed by atoms with Gasteiger partial charge in [-0.05, 0) is 30.3 Å². The minimum Gasteiger partial charge on any atom is -0.320 e. The molecule has 2 aromatic carbocycles. The number of amides is 1. The van der Waals surface area contributed by atoms with Gasteiger partial charge in [0.2, 0.25) is 5.91 Å². The molecule has 0 fully saturated rings. The van der Waals surface area contributed by atoms with Gasteiger partial charge in [-0.25, -0.2) is 13.8 Å². The van der Waals surface area contributed by atoms with Crippen molar-refractivity contribution in [3.63, 3.8) is 0 Å². The van der Waals surface area contributed by atoms with Crippen molar-refractivity contribution in [2.45, 2.75) is 0 Å². The van der Waals surface area contributed by atoms with E-state index >= 15 is 0 Å². The zero-order chi connectivity index (χ0) is 15.5. The van der Waals surface area contributed by atoms with E-state index in [-0.39, 0.29) is 5.69 Å². The summed E-state index contributed by atoms with van der Waals surface area (Å²) in [6.07, 6.45) is 2.82. The highest BCUT2D eigenvalue weighted by molar-refractivity contribution is 7.19. The number of anilines is 1. The minimum atomic E-state index is -0.818. The van der Waals surface area contributed by atoms with Gasteiger partial charge < -0.3 is 5.32 Å². The average Bonchev–Trinajstić information content (AvgIpc) is 2.91. The van der Waals surface area contributed by atoms with Crippen LogP contribution in [-0.2, 0) is 4.79 Å². The SMILES string of the molecule is O=C(/C=C/c1nc2ccccc2s1)Nc1ccc(F)cc1F. The molecule has 1 amide bonds. The molecular formula is C16H10F2N2OS. The third-order valence-electron chi connectivity index (χ3n) is 2.88. The van der Waals surface area contributed by atoms with Crippen molar-refractivity contribution >= 4 is 39.2 Å². The predicted molar refractivity (Wildman–Crippen MR) is 83.6 cm³/mol. The summed E-state index contributed by atoms with van der Waals surface area (Å²) in [5.41, 5.74) is 0.789. The number of carbonyl (C=O) groups excluding carboxylic acids is 1. The van der Waals surface area contributed by atoms with Gasteiger partial charge in [-0.15, -0.1) is 11.3 Å². The molecule has 0 spiro atoms. The van der Waals surface area contributed by atoms with E-state index in [1.807, 2.05) is 24.3 Å². The van der Waals surface area contributed by atoms with Crippen LogP contribution in [0, 0.1) is 11.6 Å². The van der Waals surface area contributed by atoms with Gasteiger partial charge in [0.1, 0.15) is 16.6 Å². The molecule has 0 aliphatic rings. The van der Waals surface area contributed by atoms with Crippen molar-refractivity contribution < 1.29 is 13.6 Å². The highest BCUT2D eigenvalue weighted by Crippen LogP contribution is 2.22. The molecule has 1 aromatic heterocycles. The van der Waals surface area contributed by atoms with E-state index in [0.717, 1.165) is 16.3 Å². The first-order valence-corrected chi connectivity index (χ1v) is 7.23. The Morgan fingerprint density at radius 1 is 1.18 bits per heavy atom. The minimum absolute atomic E-state index is 0.0691. The maximum atomic E-state index is 13.4. The normalized spacial score (nSPS) is 11.2. The van der Waals surface area contributed by atoms with Crippen molar-refractivity contribution in [3.05, 3.63) is 65.2 Å². The maximum absolute atomic E-state index is 13.4. The fourth-order valence-corrected chi connectivity index (χ4v) is 2.74. The van der Waals surface area contributed by atoms with Crippen LogP contribution >= 0.6 is 11.3 Å². The van der Waals surface area contributed by atoms with Crippen LogP contribution in [0.3, 0.4) is 0 Å². The van der Waals surface area contributed by atoms with Crippen molar-refractivity contribution in [2.24, 2.45) is 0 Å². The van der Waals surface area contributed by atoms with Crippen LogP contribution < -0.4 is 5.32 Å². The average molecular weight is 316 g/mol. The van der Waals surface area contributed by atoms with E-state index in [9.17, 15) is 13.6 Å². The molecule has 3 rings (SSSR count). The Kier molecular flexibility index (Phi) is 3.93. The first kappa shape index (κ1) is 14.3. The Bertz CT molecular complexity index is 840. The van der Waals surface area contributed by atoms with Gasteiger partial charge in [0.15, 0.2) is 0 Å². The first-order chi connectivity index (χ1) is 10.6. The molecule has 0 bridgehead atoms. The molecule has 0 saturated carbocycles. The van der Waals surface area contributed by atoms with E-state index in [4.69, 9.17) is 0 Å². The third-order valence-corrected chi connectivity index (χ3v) is 3.88. The third kappa shape index (κ3) is 3.17. The lowest BCUT2D eigenvalue weighted by atomic mass is 10.3. The zero-order valence-corrected chi connectivity index (χ0v) is 12.0. The number of hydrogen-bond acceptors (Lipinski definition) is 3. The molecule has 0 radical (unpaired) electrons. The van der Waals surface area contributed by atoms with Crippen LogP contribution in [-0.4, -0.2) is 10.9 Å². The summed E-state index contributed by atoms with van der Waals surface area (Å²) in [5, 5.41) is 3.03. The molecule has 0 aliphatic heterocycles. The number of thiazole rings is 1. The molecule has 22 heavy (non-hydrogen) atoms. The Morgan fingerprint density at radius 3 is 2.77 bits per heavy atom. The van der Waals surface area contributed by atoms with Gasteiger partial charge in [-0.1, -0.05) is 12.1 Å². The number of hydrogen-bond donors (Lipinski definition) is 1. The molecule has 6 heteroatoms. The number of fused-ring (bicyclic) bond motifs is 1. The number of nitrogens with one attached hydrogen (secondary N) is 1. The molecule has 0 aliphatic carbocycles. The summed E-state index contributed by atoms with van der Waals surface area (Å²) < 4.78 is 27.2. The van der Waals surface area contributed by atoms with Crippen LogP contribution in [0.1, 0.15) is 5.01 Å². The summed E-state index contributed by atoms with van der Waals surface area (Å²) >= 11 is 1.45. The standard InChI is InChI=1S/C16H10F2N2OS/c17-10-5-6-12(11(18)9-10)19-15(21)7-8-16-20-13-3-1-2-4-14(13)22-16/h1-9H,(H,19,21)/b8-7+. The van der Waals surface area contributed by atoms with E-state index in [2.05, 4.69) is 10.3 Å². The molecular weight excluding hydrogens is 306 g/mol. The van der Waals surface area contributed by atoms with E-state index in [1.165, 1.54) is 23.5 Å². The molecule has 1 N–H and O–H groups in total. The molecule has 110 valence electrons. The fraction of sp³-hybridized carbons (Fsp3) is 0. The number of halogens is 2. The van der Waals surface area contributed by atoms with Gasteiger partial charge >= 0.3 is 0 Å². The lowest BCUT2D eigenvalue weighted by Gasteiger charge is -2.03. The van der Waals surface area contributed by atoms with E-state index < -0.39 is 17.5 Å².